The van der Waals surface area contributed by atoms with Gasteiger partial charge in [0, 0.05) is 18.3 Å². The highest BCUT2D eigenvalue weighted by molar-refractivity contribution is 9.10. The van der Waals surface area contributed by atoms with Crippen LogP contribution in [0.1, 0.15) is 29.6 Å². The summed E-state index contributed by atoms with van der Waals surface area (Å²) in [4.78, 5) is 14.3. The van der Waals surface area contributed by atoms with Crippen LogP contribution in [0.3, 0.4) is 0 Å². The van der Waals surface area contributed by atoms with Gasteiger partial charge in [0.25, 0.3) is 5.91 Å². The molecule has 0 radical (unpaired) electrons. The van der Waals surface area contributed by atoms with Crippen LogP contribution in [0.15, 0.2) is 21.4 Å². The number of amides is 1. The number of hydrogen-bond acceptors (Lipinski definition) is 3. The van der Waals surface area contributed by atoms with Gasteiger partial charge in [-0.15, -0.1) is 0 Å². The topological polar surface area (TPSA) is 33.5 Å². The second-order valence-electron chi connectivity index (χ2n) is 4.21. The van der Waals surface area contributed by atoms with Crippen LogP contribution in [-0.2, 0) is 0 Å². The number of nitrogens with zero attached hydrogens (tertiary/aromatic N) is 1. The smallest absolute Gasteiger partial charge is 0.258 e. The molecule has 94 valence electrons. The van der Waals surface area contributed by atoms with Crippen LogP contribution in [0, 0.1) is 0 Å². The zero-order valence-corrected chi connectivity index (χ0v) is 12.2. The van der Waals surface area contributed by atoms with Crippen molar-refractivity contribution in [3.05, 3.63) is 22.6 Å². The van der Waals surface area contributed by atoms with E-state index < -0.39 is 0 Å². The first-order valence-corrected chi connectivity index (χ1v) is 7.85. The maximum absolute atomic E-state index is 12.3. The molecule has 0 bridgehead atoms. The molecule has 2 heterocycles. The maximum atomic E-state index is 12.3. The predicted octanol–water partition coefficient (Wildman–Crippen LogP) is 3.40. The van der Waals surface area contributed by atoms with Gasteiger partial charge in [0.15, 0.2) is 4.67 Å². The lowest BCUT2D eigenvalue weighted by Gasteiger charge is -2.23. The average Bonchev–Trinajstić information content (AvgIpc) is 2.63. The van der Waals surface area contributed by atoms with Crippen molar-refractivity contribution in [3.63, 3.8) is 0 Å². The molecule has 1 saturated heterocycles. The van der Waals surface area contributed by atoms with Gasteiger partial charge in [-0.25, -0.2) is 0 Å². The second-order valence-corrected chi connectivity index (χ2v) is 6.07. The van der Waals surface area contributed by atoms with E-state index in [-0.39, 0.29) is 5.91 Å². The fourth-order valence-electron chi connectivity index (χ4n) is 2.10. The van der Waals surface area contributed by atoms with Crippen LogP contribution in [-0.4, -0.2) is 35.4 Å². The SMILES string of the molecule is CS[C@@H]1CCCCN(C(=O)c2ccoc2Br)C1. The van der Waals surface area contributed by atoms with E-state index in [1.54, 1.807) is 12.3 Å². The van der Waals surface area contributed by atoms with Crippen LogP contribution in [0.25, 0.3) is 0 Å². The molecule has 5 heteroatoms. The predicted molar refractivity (Wildman–Crippen MR) is 73.5 cm³/mol. The van der Waals surface area contributed by atoms with Crippen LogP contribution < -0.4 is 0 Å². The lowest BCUT2D eigenvalue weighted by molar-refractivity contribution is 0.0761. The fourth-order valence-corrected chi connectivity index (χ4v) is 3.24. The number of thioether (sulfide) groups is 1. The molecule has 3 nitrogen and oxygen atoms in total. The number of halogens is 1. The van der Waals surface area contributed by atoms with Crippen molar-refractivity contribution < 1.29 is 9.21 Å². The standard InChI is InChI=1S/C12H16BrNO2S/c1-17-9-4-2-3-6-14(8-9)12(15)10-5-7-16-11(10)13/h5,7,9H,2-4,6,8H2,1H3/t9-/m1/s1. The molecule has 1 aromatic rings. The summed E-state index contributed by atoms with van der Waals surface area (Å²) in [6.07, 6.45) is 7.17. The van der Waals surface area contributed by atoms with Gasteiger partial charge in [-0.1, -0.05) is 6.42 Å². The van der Waals surface area contributed by atoms with E-state index in [9.17, 15) is 4.79 Å². The Bertz CT molecular complexity index is 394. The molecule has 1 atom stereocenters. The van der Waals surface area contributed by atoms with Crippen molar-refractivity contribution in [2.24, 2.45) is 0 Å². The van der Waals surface area contributed by atoms with Gasteiger partial charge in [0.05, 0.1) is 11.8 Å². The van der Waals surface area contributed by atoms with Crippen LogP contribution >= 0.6 is 27.7 Å². The van der Waals surface area contributed by atoms with E-state index in [2.05, 4.69) is 22.2 Å². The summed E-state index contributed by atoms with van der Waals surface area (Å²) in [6, 6.07) is 1.73. The number of likely N-dealkylation sites (tertiary alicyclic amines) is 1. The molecule has 1 aromatic heterocycles. The number of carbonyl (C=O) groups excluding carboxylic acids is 1. The van der Waals surface area contributed by atoms with Gasteiger partial charge in [0.2, 0.25) is 0 Å². The summed E-state index contributed by atoms with van der Waals surface area (Å²) in [5.41, 5.74) is 0.631. The third-order valence-electron chi connectivity index (χ3n) is 3.10. The highest BCUT2D eigenvalue weighted by Crippen LogP contribution is 2.24. The van der Waals surface area contributed by atoms with Crippen molar-refractivity contribution in [3.8, 4) is 0 Å². The molecule has 1 amide bonds. The molecule has 0 aromatic carbocycles. The molecule has 1 aliphatic heterocycles. The Labute approximate surface area is 114 Å². The Balaban J connectivity index is 2.10. The third-order valence-corrected chi connectivity index (χ3v) is 4.76. The molecule has 0 aliphatic carbocycles. The summed E-state index contributed by atoms with van der Waals surface area (Å²) in [7, 11) is 0. The highest BCUT2D eigenvalue weighted by atomic mass is 79.9. The summed E-state index contributed by atoms with van der Waals surface area (Å²) in [5, 5.41) is 0.562. The van der Waals surface area contributed by atoms with E-state index >= 15 is 0 Å². The van der Waals surface area contributed by atoms with Crippen molar-refractivity contribution in [1.29, 1.82) is 0 Å². The summed E-state index contributed by atoms with van der Waals surface area (Å²) in [6.45, 7) is 1.70. The highest BCUT2D eigenvalue weighted by Gasteiger charge is 2.24. The van der Waals surface area contributed by atoms with Crippen LogP contribution in [0.4, 0.5) is 0 Å². The number of carbonyl (C=O) groups is 1. The van der Waals surface area contributed by atoms with Crippen molar-refractivity contribution in [1.82, 2.24) is 4.90 Å². The average molecular weight is 318 g/mol. The number of rotatable bonds is 2. The molecule has 1 aliphatic rings. The van der Waals surface area contributed by atoms with E-state index in [1.165, 1.54) is 12.8 Å². The monoisotopic (exact) mass is 317 g/mol. The Morgan fingerprint density at radius 1 is 1.59 bits per heavy atom. The van der Waals surface area contributed by atoms with Crippen molar-refractivity contribution >= 4 is 33.6 Å². The molecule has 0 N–H and O–H groups in total. The van der Waals surface area contributed by atoms with Crippen LogP contribution in [0.5, 0.6) is 0 Å². The van der Waals surface area contributed by atoms with Gasteiger partial charge >= 0.3 is 0 Å². The van der Waals surface area contributed by atoms with Gasteiger partial charge in [-0.05, 0) is 41.1 Å². The molecular weight excluding hydrogens is 302 g/mol. The normalized spacial score (nSPS) is 21.3. The minimum atomic E-state index is 0.0755. The molecule has 0 spiro atoms. The van der Waals surface area contributed by atoms with E-state index in [4.69, 9.17) is 4.42 Å². The van der Waals surface area contributed by atoms with Gasteiger partial charge in [0.1, 0.15) is 0 Å². The maximum Gasteiger partial charge on any atom is 0.258 e. The van der Waals surface area contributed by atoms with E-state index in [0.29, 0.717) is 15.5 Å². The molecule has 1 fully saturated rings. The molecule has 0 unspecified atom stereocenters. The lowest BCUT2D eigenvalue weighted by Crippen LogP contribution is -2.35. The van der Waals surface area contributed by atoms with Gasteiger partial charge in [-0.3, -0.25) is 4.79 Å². The second kappa shape index (κ2) is 5.96. The Hall–Kier alpha value is -0.420. The molecule has 17 heavy (non-hydrogen) atoms. The third kappa shape index (κ3) is 3.07. The summed E-state index contributed by atoms with van der Waals surface area (Å²) < 4.78 is 5.66. The van der Waals surface area contributed by atoms with E-state index in [0.717, 1.165) is 19.5 Å². The Kier molecular flexibility index (Phi) is 4.56. The minimum absolute atomic E-state index is 0.0755. The van der Waals surface area contributed by atoms with E-state index in [1.807, 2.05) is 16.7 Å². The number of hydrogen-bond donors (Lipinski definition) is 0. The molecule has 2 rings (SSSR count). The Morgan fingerprint density at radius 3 is 3.06 bits per heavy atom. The minimum Gasteiger partial charge on any atom is -0.457 e. The first-order chi connectivity index (χ1) is 8.22. The lowest BCUT2D eigenvalue weighted by atomic mass is 10.2. The first-order valence-electron chi connectivity index (χ1n) is 5.77. The van der Waals surface area contributed by atoms with Gasteiger partial charge in [-0.2, -0.15) is 11.8 Å². The van der Waals surface area contributed by atoms with Gasteiger partial charge < -0.3 is 9.32 Å². The zero-order chi connectivity index (χ0) is 12.3. The Morgan fingerprint density at radius 2 is 2.41 bits per heavy atom. The molecular formula is C12H16BrNO2S. The van der Waals surface area contributed by atoms with Crippen molar-refractivity contribution in [2.75, 3.05) is 19.3 Å². The van der Waals surface area contributed by atoms with Crippen LogP contribution in [0.2, 0.25) is 0 Å². The quantitative estimate of drug-likeness (QED) is 0.838. The number of furan rings is 1. The zero-order valence-electron chi connectivity index (χ0n) is 9.82. The first kappa shape index (κ1) is 13.0. The summed E-state index contributed by atoms with van der Waals surface area (Å²) in [5.74, 6) is 0.0755. The van der Waals surface area contributed by atoms with Crippen molar-refractivity contribution in [2.45, 2.75) is 24.5 Å². The summed E-state index contributed by atoms with van der Waals surface area (Å²) >= 11 is 5.12. The fraction of sp³-hybridized carbons (Fsp3) is 0.583. The molecule has 0 saturated carbocycles. The largest absolute Gasteiger partial charge is 0.457 e.